The summed E-state index contributed by atoms with van der Waals surface area (Å²) in [4.78, 5) is 15.8. The lowest BCUT2D eigenvalue weighted by atomic mass is 9.68. The number of hydrogen-bond acceptors (Lipinski definition) is 5. The van der Waals surface area contributed by atoms with Gasteiger partial charge in [0.25, 0.3) is 0 Å². The van der Waals surface area contributed by atoms with Gasteiger partial charge in [0, 0.05) is 27.9 Å². The van der Waals surface area contributed by atoms with Crippen LogP contribution < -0.4 is 15.4 Å². The minimum Gasteiger partial charge on any atom is -0.489 e. The minimum absolute atomic E-state index is 0.0292. The van der Waals surface area contributed by atoms with E-state index in [0.717, 1.165) is 38.1 Å². The van der Waals surface area contributed by atoms with Crippen molar-refractivity contribution in [1.82, 2.24) is 0 Å². The second kappa shape index (κ2) is 10.6. The molecule has 5 rings (SSSR count). The lowest BCUT2D eigenvalue weighted by Gasteiger charge is -2.44. The van der Waals surface area contributed by atoms with E-state index in [1.54, 1.807) is 12.1 Å². The molecule has 0 radical (unpaired) electrons. The van der Waals surface area contributed by atoms with E-state index in [0.29, 0.717) is 35.6 Å². The number of halogens is 2. The van der Waals surface area contributed by atoms with E-state index >= 15 is 0 Å². The van der Waals surface area contributed by atoms with Crippen molar-refractivity contribution < 1.29 is 13.9 Å². The van der Waals surface area contributed by atoms with Crippen LogP contribution in [-0.2, 0) is 11.4 Å². The Balaban J connectivity index is 1.67. The van der Waals surface area contributed by atoms with Crippen molar-refractivity contribution in [3.8, 4) is 11.8 Å². The van der Waals surface area contributed by atoms with E-state index < -0.39 is 5.92 Å². The van der Waals surface area contributed by atoms with E-state index in [2.05, 4.69) is 35.8 Å². The van der Waals surface area contributed by atoms with E-state index in [1.807, 2.05) is 55.1 Å². The van der Waals surface area contributed by atoms with Gasteiger partial charge in [-0.05, 0) is 84.8 Å². The number of ether oxygens (including phenoxy) is 1. The van der Waals surface area contributed by atoms with E-state index in [9.17, 15) is 14.4 Å². The van der Waals surface area contributed by atoms with E-state index in [4.69, 9.17) is 10.5 Å². The van der Waals surface area contributed by atoms with Crippen LogP contribution in [0.2, 0.25) is 0 Å². The number of hydrogen-bond donors (Lipinski definition) is 1. The Morgan fingerprint density at radius 2 is 1.85 bits per heavy atom. The van der Waals surface area contributed by atoms with Crippen LogP contribution in [0.3, 0.4) is 0 Å². The van der Waals surface area contributed by atoms with Crippen LogP contribution >= 0.6 is 15.9 Å². The number of carbonyl (C=O) groups is 1. The summed E-state index contributed by atoms with van der Waals surface area (Å²) < 4.78 is 20.2. The molecule has 0 saturated heterocycles. The molecule has 0 bridgehead atoms. The van der Waals surface area contributed by atoms with Crippen LogP contribution in [0.15, 0.2) is 87.8 Å². The number of benzene rings is 3. The van der Waals surface area contributed by atoms with E-state index in [1.165, 1.54) is 12.1 Å². The lowest BCUT2D eigenvalue weighted by molar-refractivity contribution is -0.118. The quantitative estimate of drug-likeness (QED) is 0.324. The van der Waals surface area contributed by atoms with Gasteiger partial charge in [-0.2, -0.15) is 5.26 Å². The van der Waals surface area contributed by atoms with Gasteiger partial charge in [-0.25, -0.2) is 4.39 Å². The number of aryl methyl sites for hydroxylation is 1. The molecule has 0 fully saturated rings. The molecule has 2 N–H and O–H groups in total. The maximum absolute atomic E-state index is 13.9. The summed E-state index contributed by atoms with van der Waals surface area (Å²) in [6.07, 6.45) is 1.03. The Morgan fingerprint density at radius 1 is 1.12 bits per heavy atom. The van der Waals surface area contributed by atoms with Crippen LogP contribution in [-0.4, -0.2) is 5.78 Å². The SMILES string of the molecule is Cc1cc(COc2ccc(F)cc2)c(C)c(C2C(C#N)=C(N)N(c3cccc(Br)c3)C3=C2C(=O)CC(C)(C)C3)c1. The van der Waals surface area contributed by atoms with Gasteiger partial charge in [-0.3, -0.25) is 9.69 Å². The number of carbonyl (C=O) groups excluding carboxylic acids is 1. The highest BCUT2D eigenvalue weighted by atomic mass is 79.9. The summed E-state index contributed by atoms with van der Waals surface area (Å²) in [6.45, 7) is 8.41. The lowest BCUT2D eigenvalue weighted by Crippen LogP contribution is -2.42. The Labute approximate surface area is 242 Å². The van der Waals surface area contributed by atoms with Gasteiger partial charge in [0.1, 0.15) is 24.0 Å². The Morgan fingerprint density at radius 3 is 2.52 bits per heavy atom. The number of nitriles is 1. The first kappa shape index (κ1) is 27.7. The minimum atomic E-state index is -0.587. The van der Waals surface area contributed by atoms with Gasteiger partial charge in [-0.1, -0.05) is 53.5 Å². The second-order valence-corrected chi connectivity index (χ2v) is 12.3. The maximum Gasteiger partial charge on any atom is 0.162 e. The van der Waals surface area contributed by atoms with Crippen molar-refractivity contribution in [2.24, 2.45) is 11.1 Å². The molecule has 7 heteroatoms. The molecule has 204 valence electrons. The summed E-state index contributed by atoms with van der Waals surface area (Å²) in [6, 6.07) is 20.1. The molecule has 0 amide bonds. The molecule has 0 saturated carbocycles. The number of anilines is 1. The van der Waals surface area contributed by atoms with Crippen molar-refractivity contribution >= 4 is 27.4 Å². The van der Waals surface area contributed by atoms with Gasteiger partial charge in [0.2, 0.25) is 0 Å². The molecule has 3 aromatic rings. The third-order valence-corrected chi connectivity index (χ3v) is 8.16. The second-order valence-electron chi connectivity index (χ2n) is 11.3. The molecule has 1 atom stereocenters. The average molecular weight is 601 g/mol. The summed E-state index contributed by atoms with van der Waals surface area (Å²) >= 11 is 3.55. The van der Waals surface area contributed by atoms with Gasteiger partial charge < -0.3 is 10.5 Å². The molecule has 40 heavy (non-hydrogen) atoms. The first-order valence-electron chi connectivity index (χ1n) is 13.2. The monoisotopic (exact) mass is 599 g/mol. The topological polar surface area (TPSA) is 79.3 Å². The van der Waals surface area contributed by atoms with E-state index in [-0.39, 0.29) is 23.6 Å². The highest BCUT2D eigenvalue weighted by molar-refractivity contribution is 9.10. The molecule has 1 aliphatic carbocycles. The molecule has 3 aromatic carbocycles. The van der Waals surface area contributed by atoms with Gasteiger partial charge >= 0.3 is 0 Å². The molecule has 2 aliphatic rings. The molecule has 0 spiro atoms. The fourth-order valence-electron chi connectivity index (χ4n) is 5.84. The van der Waals surface area contributed by atoms with Gasteiger partial charge in [-0.15, -0.1) is 0 Å². The van der Waals surface area contributed by atoms with Crippen molar-refractivity contribution in [1.29, 1.82) is 5.26 Å². The zero-order valence-electron chi connectivity index (χ0n) is 23.0. The van der Waals surface area contributed by atoms with Crippen molar-refractivity contribution in [3.63, 3.8) is 0 Å². The number of allylic oxidation sites excluding steroid dienone is 3. The van der Waals surface area contributed by atoms with Gasteiger partial charge in [0.05, 0.1) is 17.6 Å². The molecule has 1 aliphatic heterocycles. The first-order chi connectivity index (χ1) is 19.0. The van der Waals surface area contributed by atoms with Crippen molar-refractivity contribution in [3.05, 3.63) is 116 Å². The molecule has 0 aromatic heterocycles. The standard InChI is InChI=1S/C33H31BrFN3O2/c1-19-12-21(18-40-25-10-8-23(35)9-11-25)20(2)26(13-19)30-27(17-36)32(37)38(24-7-5-6-22(34)14-24)28-15-33(3,4)16-29(39)31(28)30/h5-14,30H,15-16,18,37H2,1-4H3. The highest BCUT2D eigenvalue weighted by Gasteiger charge is 2.45. The zero-order valence-corrected chi connectivity index (χ0v) is 24.6. The van der Waals surface area contributed by atoms with Crippen LogP contribution in [0.1, 0.15) is 54.9 Å². The summed E-state index contributed by atoms with van der Waals surface area (Å²) in [5.74, 6) is 0.00831. The third kappa shape index (κ3) is 5.16. The Kier molecular flexibility index (Phi) is 7.32. The first-order valence-corrected chi connectivity index (χ1v) is 14.0. The Hall–Kier alpha value is -3.89. The number of nitrogens with zero attached hydrogens (tertiary/aromatic N) is 2. The number of Topliss-reactive ketones (excluding diaryl/α,β-unsaturated/α-hetero) is 1. The fourth-order valence-corrected chi connectivity index (χ4v) is 6.22. The summed E-state index contributed by atoms with van der Waals surface area (Å²) in [5.41, 5.74) is 12.9. The Bertz CT molecular complexity index is 1620. The normalized spacial score (nSPS) is 18.5. The number of nitrogens with two attached hydrogens (primary N) is 1. The third-order valence-electron chi connectivity index (χ3n) is 7.67. The highest BCUT2D eigenvalue weighted by Crippen LogP contribution is 2.51. The van der Waals surface area contributed by atoms with Crippen molar-refractivity contribution in [2.45, 2.75) is 53.1 Å². The number of rotatable bonds is 5. The molecular formula is C33H31BrFN3O2. The summed E-state index contributed by atoms with van der Waals surface area (Å²) in [7, 11) is 0. The molecular weight excluding hydrogens is 569 g/mol. The smallest absolute Gasteiger partial charge is 0.162 e. The molecule has 1 unspecified atom stereocenters. The maximum atomic E-state index is 13.9. The zero-order chi connectivity index (χ0) is 28.8. The summed E-state index contributed by atoms with van der Waals surface area (Å²) in [5, 5.41) is 10.5. The predicted octanol–water partition coefficient (Wildman–Crippen LogP) is 7.72. The fraction of sp³-hybridized carbons (Fsp3) is 0.273. The van der Waals surface area contributed by atoms with Gasteiger partial charge in [0.15, 0.2) is 5.78 Å². The number of ketones is 1. The van der Waals surface area contributed by atoms with Crippen LogP contribution in [0.4, 0.5) is 10.1 Å². The molecule has 1 heterocycles. The molecule has 5 nitrogen and oxygen atoms in total. The largest absolute Gasteiger partial charge is 0.489 e. The van der Waals surface area contributed by atoms with Crippen LogP contribution in [0, 0.1) is 36.4 Å². The predicted molar refractivity (Wildman–Crippen MR) is 158 cm³/mol. The van der Waals surface area contributed by atoms with Crippen LogP contribution in [0.5, 0.6) is 5.75 Å². The van der Waals surface area contributed by atoms with Crippen molar-refractivity contribution in [2.75, 3.05) is 4.90 Å². The van der Waals surface area contributed by atoms with Crippen LogP contribution in [0.25, 0.3) is 0 Å². The average Bonchev–Trinajstić information content (AvgIpc) is 2.88.